The van der Waals surface area contributed by atoms with Gasteiger partial charge in [-0.3, -0.25) is 0 Å². The highest BCUT2D eigenvalue weighted by Crippen LogP contribution is 2.32. The molecule has 2 aromatic rings. The maximum absolute atomic E-state index is 12.6. The standard InChI is InChI=1S/C19H20N2O3S/c1-12-8-9-15(25-12)17-16(13(2)20-19(23)21-17)18(22)24-11-10-14-6-4-3-5-7-14/h3-9,17H,10-11H2,1-2H3,(H2,20,21,23)/t17-/m1/s1. The van der Waals surface area contributed by atoms with Crippen molar-refractivity contribution in [1.29, 1.82) is 0 Å². The first-order chi connectivity index (χ1) is 12.0. The number of esters is 1. The Hall–Kier alpha value is -2.60. The number of carbonyl (C=O) groups excluding carboxylic acids is 2. The van der Waals surface area contributed by atoms with Gasteiger partial charge in [-0.15, -0.1) is 11.3 Å². The molecule has 0 spiro atoms. The molecular formula is C19H20N2O3S. The number of allylic oxidation sites excluding steroid dienone is 1. The molecule has 2 amide bonds. The van der Waals surface area contributed by atoms with Gasteiger partial charge >= 0.3 is 12.0 Å². The Balaban J connectivity index is 1.73. The number of urea groups is 1. The highest BCUT2D eigenvalue weighted by Gasteiger charge is 2.32. The van der Waals surface area contributed by atoms with E-state index in [0.29, 0.717) is 24.3 Å². The summed E-state index contributed by atoms with van der Waals surface area (Å²) in [6, 6.07) is 13.0. The highest BCUT2D eigenvalue weighted by atomic mass is 32.1. The van der Waals surface area contributed by atoms with Gasteiger partial charge in [0, 0.05) is 21.9 Å². The van der Waals surface area contributed by atoms with Crippen LogP contribution in [0.5, 0.6) is 0 Å². The zero-order chi connectivity index (χ0) is 17.8. The lowest BCUT2D eigenvalue weighted by molar-refractivity contribution is -0.139. The largest absolute Gasteiger partial charge is 0.462 e. The molecule has 1 atom stereocenters. The topological polar surface area (TPSA) is 67.4 Å². The van der Waals surface area contributed by atoms with Crippen molar-refractivity contribution in [3.05, 3.63) is 69.1 Å². The predicted octanol–water partition coefficient (Wildman–Crippen LogP) is 3.47. The van der Waals surface area contributed by atoms with Gasteiger partial charge in [0.15, 0.2) is 0 Å². The average molecular weight is 356 g/mol. The summed E-state index contributed by atoms with van der Waals surface area (Å²) < 4.78 is 5.47. The van der Waals surface area contributed by atoms with E-state index < -0.39 is 12.0 Å². The van der Waals surface area contributed by atoms with Crippen molar-refractivity contribution in [3.63, 3.8) is 0 Å². The maximum Gasteiger partial charge on any atom is 0.338 e. The lowest BCUT2D eigenvalue weighted by Crippen LogP contribution is -2.45. The number of nitrogens with one attached hydrogen (secondary N) is 2. The van der Waals surface area contributed by atoms with Gasteiger partial charge in [0.25, 0.3) is 0 Å². The number of hydrogen-bond acceptors (Lipinski definition) is 4. The molecule has 25 heavy (non-hydrogen) atoms. The SMILES string of the molecule is CC1=C(C(=O)OCCc2ccccc2)[C@@H](c2ccc(C)s2)NC(=O)N1. The Morgan fingerprint density at radius 2 is 1.92 bits per heavy atom. The lowest BCUT2D eigenvalue weighted by Gasteiger charge is -2.27. The van der Waals surface area contributed by atoms with E-state index in [9.17, 15) is 9.59 Å². The average Bonchev–Trinajstić information content (AvgIpc) is 3.01. The molecule has 5 nitrogen and oxygen atoms in total. The highest BCUT2D eigenvalue weighted by molar-refractivity contribution is 7.12. The third-order valence-corrected chi connectivity index (χ3v) is 5.07. The molecule has 0 aliphatic carbocycles. The predicted molar refractivity (Wildman–Crippen MR) is 97.3 cm³/mol. The molecule has 130 valence electrons. The molecule has 0 radical (unpaired) electrons. The Morgan fingerprint density at radius 3 is 2.60 bits per heavy atom. The molecule has 1 aromatic carbocycles. The summed E-state index contributed by atoms with van der Waals surface area (Å²) in [4.78, 5) is 26.5. The molecule has 1 aromatic heterocycles. The third-order valence-electron chi connectivity index (χ3n) is 4.00. The monoisotopic (exact) mass is 356 g/mol. The van der Waals surface area contributed by atoms with Gasteiger partial charge < -0.3 is 15.4 Å². The zero-order valence-electron chi connectivity index (χ0n) is 14.2. The summed E-state index contributed by atoms with van der Waals surface area (Å²) in [5, 5.41) is 5.48. The van der Waals surface area contributed by atoms with Crippen molar-refractivity contribution in [1.82, 2.24) is 10.6 Å². The Kier molecular flexibility index (Phi) is 5.19. The minimum Gasteiger partial charge on any atom is -0.462 e. The molecule has 2 heterocycles. The fourth-order valence-electron chi connectivity index (χ4n) is 2.77. The van der Waals surface area contributed by atoms with Gasteiger partial charge in [-0.25, -0.2) is 9.59 Å². The van der Waals surface area contributed by atoms with Gasteiger partial charge in [0.2, 0.25) is 0 Å². The molecule has 0 fully saturated rings. The van der Waals surface area contributed by atoms with Crippen LogP contribution in [0.25, 0.3) is 0 Å². The van der Waals surface area contributed by atoms with Crippen molar-refractivity contribution < 1.29 is 14.3 Å². The number of amides is 2. The van der Waals surface area contributed by atoms with Crippen LogP contribution < -0.4 is 10.6 Å². The Labute approximate surface area is 150 Å². The van der Waals surface area contributed by atoms with Gasteiger partial charge in [0.1, 0.15) is 0 Å². The maximum atomic E-state index is 12.6. The first-order valence-electron chi connectivity index (χ1n) is 8.10. The van der Waals surface area contributed by atoms with Crippen LogP contribution in [0, 0.1) is 6.92 Å². The van der Waals surface area contributed by atoms with Crippen LogP contribution in [-0.2, 0) is 16.0 Å². The second-order valence-electron chi connectivity index (χ2n) is 5.89. The number of rotatable bonds is 5. The lowest BCUT2D eigenvalue weighted by atomic mass is 10.0. The summed E-state index contributed by atoms with van der Waals surface area (Å²) >= 11 is 1.56. The number of benzene rings is 1. The quantitative estimate of drug-likeness (QED) is 0.806. The van der Waals surface area contributed by atoms with E-state index in [1.54, 1.807) is 18.3 Å². The summed E-state index contributed by atoms with van der Waals surface area (Å²) in [6.45, 7) is 4.01. The fourth-order valence-corrected chi connectivity index (χ4v) is 3.71. The fraction of sp³-hybridized carbons (Fsp3) is 0.263. The molecule has 1 aliphatic heterocycles. The van der Waals surface area contributed by atoms with E-state index in [-0.39, 0.29) is 6.03 Å². The summed E-state index contributed by atoms with van der Waals surface area (Å²) in [5.41, 5.74) is 2.10. The van der Waals surface area contributed by atoms with Crippen molar-refractivity contribution in [2.75, 3.05) is 6.61 Å². The van der Waals surface area contributed by atoms with Gasteiger partial charge in [-0.05, 0) is 31.5 Å². The van der Waals surface area contributed by atoms with Crippen molar-refractivity contribution in [3.8, 4) is 0 Å². The van der Waals surface area contributed by atoms with E-state index in [4.69, 9.17) is 4.74 Å². The van der Waals surface area contributed by atoms with Crippen LogP contribution in [-0.4, -0.2) is 18.6 Å². The Morgan fingerprint density at radius 1 is 1.16 bits per heavy atom. The summed E-state index contributed by atoms with van der Waals surface area (Å²) in [6.07, 6.45) is 0.654. The van der Waals surface area contributed by atoms with E-state index in [2.05, 4.69) is 10.6 Å². The first kappa shape index (κ1) is 17.2. The van der Waals surface area contributed by atoms with Crippen LogP contribution in [0.15, 0.2) is 53.7 Å². The second-order valence-corrected chi connectivity index (χ2v) is 7.21. The normalized spacial score (nSPS) is 17.0. The smallest absolute Gasteiger partial charge is 0.338 e. The molecule has 0 unspecified atom stereocenters. The molecule has 1 aliphatic rings. The summed E-state index contributed by atoms with van der Waals surface area (Å²) in [5.74, 6) is -0.406. The van der Waals surface area contributed by atoms with E-state index >= 15 is 0 Å². The number of aryl methyl sites for hydroxylation is 1. The minimum atomic E-state index is -0.475. The van der Waals surface area contributed by atoms with E-state index in [1.165, 1.54) is 0 Å². The Bertz CT molecular complexity index is 811. The van der Waals surface area contributed by atoms with Crippen molar-refractivity contribution >= 4 is 23.3 Å². The second kappa shape index (κ2) is 7.53. The van der Waals surface area contributed by atoms with E-state index in [0.717, 1.165) is 15.3 Å². The van der Waals surface area contributed by atoms with Crippen LogP contribution in [0.4, 0.5) is 4.79 Å². The molecule has 2 N–H and O–H groups in total. The zero-order valence-corrected chi connectivity index (χ0v) is 15.0. The number of hydrogen-bond donors (Lipinski definition) is 2. The van der Waals surface area contributed by atoms with Gasteiger partial charge in [-0.1, -0.05) is 30.3 Å². The number of ether oxygens (including phenoxy) is 1. The summed E-state index contributed by atoms with van der Waals surface area (Å²) in [7, 11) is 0. The molecule has 0 bridgehead atoms. The number of thiophene rings is 1. The first-order valence-corrected chi connectivity index (χ1v) is 8.92. The molecule has 3 rings (SSSR count). The van der Waals surface area contributed by atoms with Gasteiger partial charge in [0.05, 0.1) is 18.2 Å². The van der Waals surface area contributed by atoms with Gasteiger partial charge in [-0.2, -0.15) is 0 Å². The molecule has 6 heteroatoms. The van der Waals surface area contributed by atoms with Crippen molar-refractivity contribution in [2.24, 2.45) is 0 Å². The third kappa shape index (κ3) is 4.09. The van der Waals surface area contributed by atoms with Crippen LogP contribution in [0.2, 0.25) is 0 Å². The molecular weight excluding hydrogens is 336 g/mol. The molecule has 0 saturated heterocycles. The van der Waals surface area contributed by atoms with Crippen LogP contribution in [0.3, 0.4) is 0 Å². The minimum absolute atomic E-state index is 0.295. The van der Waals surface area contributed by atoms with E-state index in [1.807, 2.05) is 49.4 Å². The van der Waals surface area contributed by atoms with Crippen LogP contribution in [0.1, 0.15) is 28.3 Å². The molecule has 0 saturated carbocycles. The van der Waals surface area contributed by atoms with Crippen molar-refractivity contribution in [2.45, 2.75) is 26.3 Å². The van der Waals surface area contributed by atoms with Crippen LogP contribution >= 0.6 is 11.3 Å². The number of carbonyl (C=O) groups is 2.